The van der Waals surface area contributed by atoms with Crippen LogP contribution in [0.4, 0.5) is 5.69 Å². The number of anilines is 1. The Morgan fingerprint density at radius 1 is 1.33 bits per heavy atom. The lowest BCUT2D eigenvalue weighted by Gasteiger charge is -2.17. The molecule has 1 fully saturated rings. The van der Waals surface area contributed by atoms with Gasteiger partial charge in [-0.25, -0.2) is 4.98 Å². The zero-order valence-corrected chi connectivity index (χ0v) is 13.9. The van der Waals surface area contributed by atoms with Gasteiger partial charge in [-0.3, -0.25) is 9.67 Å². The predicted octanol–water partition coefficient (Wildman–Crippen LogP) is 3.28. The van der Waals surface area contributed by atoms with E-state index in [-0.39, 0.29) is 6.04 Å². The third kappa shape index (κ3) is 2.73. The van der Waals surface area contributed by atoms with E-state index < -0.39 is 0 Å². The van der Waals surface area contributed by atoms with Crippen LogP contribution in [0.3, 0.4) is 0 Å². The fourth-order valence-corrected chi connectivity index (χ4v) is 3.10. The zero-order valence-electron chi connectivity index (χ0n) is 13.9. The monoisotopic (exact) mass is 323 g/mol. The van der Waals surface area contributed by atoms with Gasteiger partial charge in [0.05, 0.1) is 30.2 Å². The van der Waals surface area contributed by atoms with Gasteiger partial charge in [0, 0.05) is 30.6 Å². The van der Waals surface area contributed by atoms with Crippen LogP contribution in [0.25, 0.3) is 22.3 Å². The van der Waals surface area contributed by atoms with Crippen LogP contribution in [0.5, 0.6) is 0 Å². The summed E-state index contributed by atoms with van der Waals surface area (Å²) in [7, 11) is 0. The first-order chi connectivity index (χ1) is 11.7. The maximum absolute atomic E-state index is 5.50. The number of hydrogen-bond donors (Lipinski definition) is 1. The summed E-state index contributed by atoms with van der Waals surface area (Å²) in [6, 6.07) is 6.65. The molecule has 6 heteroatoms. The minimum absolute atomic E-state index is 0.272. The van der Waals surface area contributed by atoms with Gasteiger partial charge >= 0.3 is 0 Å². The number of nitrogens with zero attached hydrogens (tertiary/aromatic N) is 4. The molecule has 0 aromatic carbocycles. The number of nitrogens with one attached hydrogen (secondary N) is 1. The average Bonchev–Trinajstić information content (AvgIpc) is 3.25. The van der Waals surface area contributed by atoms with Crippen molar-refractivity contribution in [2.24, 2.45) is 0 Å². The smallest absolute Gasteiger partial charge is 0.111 e. The Hall–Kier alpha value is -2.47. The molecule has 1 aliphatic rings. The van der Waals surface area contributed by atoms with E-state index in [1.165, 1.54) is 0 Å². The molecular weight excluding hydrogens is 302 g/mol. The van der Waals surface area contributed by atoms with Crippen molar-refractivity contribution in [1.82, 2.24) is 19.7 Å². The summed E-state index contributed by atoms with van der Waals surface area (Å²) in [5, 5.41) is 8.16. The largest absolute Gasteiger partial charge is 0.379 e. The van der Waals surface area contributed by atoms with E-state index in [1.807, 2.05) is 29.2 Å². The summed E-state index contributed by atoms with van der Waals surface area (Å²) in [6.45, 7) is 5.81. The minimum atomic E-state index is 0.272. The van der Waals surface area contributed by atoms with Crippen LogP contribution in [0.2, 0.25) is 0 Å². The molecule has 124 valence electrons. The van der Waals surface area contributed by atoms with E-state index in [2.05, 4.69) is 35.3 Å². The molecule has 0 aliphatic carbocycles. The van der Waals surface area contributed by atoms with Crippen molar-refractivity contribution < 1.29 is 4.74 Å². The molecule has 0 radical (unpaired) electrons. The lowest BCUT2D eigenvalue weighted by Crippen LogP contribution is -2.20. The van der Waals surface area contributed by atoms with Crippen LogP contribution in [0.15, 0.2) is 36.8 Å². The van der Waals surface area contributed by atoms with Crippen molar-refractivity contribution in [3.63, 3.8) is 0 Å². The Bertz CT molecular complexity index is 837. The molecule has 1 aliphatic heterocycles. The zero-order chi connectivity index (χ0) is 16.5. The molecular formula is C18H21N5O. The molecule has 4 heterocycles. The predicted molar refractivity (Wildman–Crippen MR) is 94.0 cm³/mol. The number of aromatic nitrogens is 4. The SMILES string of the molecule is CC(C)n1ncc2nc(-c3cccnc3)cc(NC3CCOC3)c21. The fraction of sp³-hybridized carbons (Fsp3) is 0.389. The quantitative estimate of drug-likeness (QED) is 0.798. The molecule has 0 saturated carbocycles. The molecule has 6 nitrogen and oxygen atoms in total. The van der Waals surface area contributed by atoms with Crippen molar-refractivity contribution in [3.05, 3.63) is 36.8 Å². The van der Waals surface area contributed by atoms with Gasteiger partial charge in [0.2, 0.25) is 0 Å². The maximum Gasteiger partial charge on any atom is 0.111 e. The first-order valence-corrected chi connectivity index (χ1v) is 8.35. The fourth-order valence-electron chi connectivity index (χ4n) is 3.10. The lowest BCUT2D eigenvalue weighted by molar-refractivity contribution is 0.195. The second kappa shape index (κ2) is 6.20. The van der Waals surface area contributed by atoms with E-state index >= 15 is 0 Å². The third-order valence-electron chi connectivity index (χ3n) is 4.29. The summed E-state index contributed by atoms with van der Waals surface area (Å²) < 4.78 is 7.53. The van der Waals surface area contributed by atoms with Gasteiger partial charge in [0.1, 0.15) is 11.0 Å². The van der Waals surface area contributed by atoms with Gasteiger partial charge in [0.15, 0.2) is 0 Å². The van der Waals surface area contributed by atoms with Crippen molar-refractivity contribution in [2.45, 2.75) is 32.4 Å². The van der Waals surface area contributed by atoms with Crippen LogP contribution in [-0.2, 0) is 4.74 Å². The Kier molecular flexibility index (Phi) is 3.90. The number of fused-ring (bicyclic) bond motifs is 1. The summed E-state index contributed by atoms with van der Waals surface area (Å²) in [4.78, 5) is 9.00. The van der Waals surface area contributed by atoms with Crippen LogP contribution >= 0.6 is 0 Å². The average molecular weight is 323 g/mol. The molecule has 1 N–H and O–H groups in total. The standard InChI is InChI=1S/C18H21N5O/c1-12(2)23-18-16(21-14-5-7-24-11-14)8-15(22-17(18)10-20-23)13-4-3-6-19-9-13/h3-4,6,8-10,12,14H,5,7,11H2,1-2H3,(H,21,22). The second-order valence-corrected chi connectivity index (χ2v) is 6.42. The Labute approximate surface area is 140 Å². The van der Waals surface area contributed by atoms with Gasteiger partial charge in [0.25, 0.3) is 0 Å². The second-order valence-electron chi connectivity index (χ2n) is 6.42. The van der Waals surface area contributed by atoms with Crippen LogP contribution < -0.4 is 5.32 Å². The van der Waals surface area contributed by atoms with E-state index in [0.717, 1.165) is 47.6 Å². The van der Waals surface area contributed by atoms with Crippen molar-refractivity contribution >= 4 is 16.7 Å². The number of ether oxygens (including phenoxy) is 1. The molecule has 0 spiro atoms. The maximum atomic E-state index is 5.50. The lowest BCUT2D eigenvalue weighted by atomic mass is 10.1. The summed E-state index contributed by atoms with van der Waals surface area (Å²) >= 11 is 0. The highest BCUT2D eigenvalue weighted by molar-refractivity contribution is 5.91. The first kappa shape index (κ1) is 15.1. The number of hydrogen-bond acceptors (Lipinski definition) is 5. The molecule has 0 bridgehead atoms. The van der Waals surface area contributed by atoms with Crippen LogP contribution in [-0.4, -0.2) is 39.0 Å². The summed E-state index contributed by atoms with van der Waals surface area (Å²) in [6.07, 6.45) is 6.46. The van der Waals surface area contributed by atoms with E-state index in [0.29, 0.717) is 6.04 Å². The first-order valence-electron chi connectivity index (χ1n) is 8.35. The highest BCUT2D eigenvalue weighted by Crippen LogP contribution is 2.30. The van der Waals surface area contributed by atoms with Gasteiger partial charge in [-0.2, -0.15) is 5.10 Å². The van der Waals surface area contributed by atoms with E-state index in [4.69, 9.17) is 9.72 Å². The van der Waals surface area contributed by atoms with Crippen molar-refractivity contribution in [2.75, 3.05) is 18.5 Å². The van der Waals surface area contributed by atoms with Crippen LogP contribution in [0, 0.1) is 0 Å². The minimum Gasteiger partial charge on any atom is -0.379 e. The van der Waals surface area contributed by atoms with Crippen LogP contribution in [0.1, 0.15) is 26.3 Å². The van der Waals surface area contributed by atoms with Gasteiger partial charge < -0.3 is 10.1 Å². The molecule has 24 heavy (non-hydrogen) atoms. The Balaban J connectivity index is 1.85. The topological polar surface area (TPSA) is 64.9 Å². The highest BCUT2D eigenvalue weighted by atomic mass is 16.5. The molecule has 3 aromatic rings. The summed E-state index contributed by atoms with van der Waals surface area (Å²) in [5.74, 6) is 0. The van der Waals surface area contributed by atoms with Gasteiger partial charge in [-0.05, 0) is 38.5 Å². The number of rotatable bonds is 4. The number of pyridine rings is 2. The summed E-state index contributed by atoms with van der Waals surface area (Å²) in [5.41, 5.74) is 4.90. The highest BCUT2D eigenvalue weighted by Gasteiger charge is 2.20. The molecule has 1 unspecified atom stereocenters. The van der Waals surface area contributed by atoms with Gasteiger partial charge in [-0.1, -0.05) is 0 Å². The van der Waals surface area contributed by atoms with E-state index in [1.54, 1.807) is 6.20 Å². The van der Waals surface area contributed by atoms with Crippen molar-refractivity contribution in [3.8, 4) is 11.3 Å². The molecule has 3 aromatic heterocycles. The van der Waals surface area contributed by atoms with Crippen molar-refractivity contribution in [1.29, 1.82) is 0 Å². The Morgan fingerprint density at radius 3 is 2.96 bits per heavy atom. The molecule has 1 saturated heterocycles. The molecule has 1 atom stereocenters. The molecule has 0 amide bonds. The third-order valence-corrected chi connectivity index (χ3v) is 4.29. The molecule has 4 rings (SSSR count). The van der Waals surface area contributed by atoms with E-state index in [9.17, 15) is 0 Å². The Morgan fingerprint density at radius 2 is 2.25 bits per heavy atom. The van der Waals surface area contributed by atoms with Gasteiger partial charge in [-0.15, -0.1) is 0 Å². The normalized spacial score (nSPS) is 17.7.